The molecule has 0 bridgehead atoms. The van der Waals surface area contributed by atoms with Crippen LogP contribution in [-0.2, 0) is 12.8 Å². The molecule has 0 aliphatic heterocycles. The van der Waals surface area contributed by atoms with E-state index in [1.807, 2.05) is 5.51 Å². The van der Waals surface area contributed by atoms with Crippen molar-refractivity contribution in [3.05, 3.63) is 51.5 Å². The lowest BCUT2D eigenvalue weighted by molar-refractivity contribution is 0.450. The SMILES string of the molecule is CCNCC(CCc1scnc1C)Cc1cccc(C)c1. The Kier molecular flexibility index (Phi) is 6.40. The van der Waals surface area contributed by atoms with Gasteiger partial charge in [0.05, 0.1) is 11.2 Å². The second-order valence-electron chi connectivity index (χ2n) is 5.77. The summed E-state index contributed by atoms with van der Waals surface area (Å²) in [6, 6.07) is 8.91. The van der Waals surface area contributed by atoms with Crippen LogP contribution in [0, 0.1) is 19.8 Å². The number of thiazole rings is 1. The molecule has 2 rings (SSSR count). The van der Waals surface area contributed by atoms with Crippen LogP contribution in [0.5, 0.6) is 0 Å². The van der Waals surface area contributed by atoms with Crippen LogP contribution in [0.4, 0.5) is 0 Å². The molecule has 21 heavy (non-hydrogen) atoms. The average Bonchev–Trinajstić information content (AvgIpc) is 2.87. The summed E-state index contributed by atoms with van der Waals surface area (Å²) in [4.78, 5) is 5.80. The van der Waals surface area contributed by atoms with Gasteiger partial charge in [-0.1, -0.05) is 36.8 Å². The molecule has 2 aromatic rings. The minimum Gasteiger partial charge on any atom is -0.317 e. The van der Waals surface area contributed by atoms with Crippen LogP contribution in [0.1, 0.15) is 35.0 Å². The lowest BCUT2D eigenvalue weighted by Gasteiger charge is -2.17. The third-order valence-corrected chi connectivity index (χ3v) is 4.91. The van der Waals surface area contributed by atoms with E-state index in [0.717, 1.165) is 25.9 Å². The number of nitrogens with one attached hydrogen (secondary N) is 1. The summed E-state index contributed by atoms with van der Waals surface area (Å²) < 4.78 is 0. The van der Waals surface area contributed by atoms with Crippen molar-refractivity contribution in [2.45, 2.75) is 40.0 Å². The average molecular weight is 302 g/mol. The molecule has 0 radical (unpaired) electrons. The van der Waals surface area contributed by atoms with Crippen LogP contribution in [-0.4, -0.2) is 18.1 Å². The number of aryl methyl sites for hydroxylation is 3. The molecule has 0 fully saturated rings. The quantitative estimate of drug-likeness (QED) is 0.792. The van der Waals surface area contributed by atoms with E-state index in [1.54, 1.807) is 11.3 Å². The Morgan fingerprint density at radius 1 is 1.29 bits per heavy atom. The molecule has 1 atom stereocenters. The summed E-state index contributed by atoms with van der Waals surface area (Å²) in [5.74, 6) is 0.688. The van der Waals surface area contributed by atoms with Gasteiger partial charge in [0.1, 0.15) is 0 Å². The molecule has 3 heteroatoms. The molecule has 1 N–H and O–H groups in total. The molecule has 1 aromatic carbocycles. The zero-order chi connectivity index (χ0) is 15.1. The minimum absolute atomic E-state index is 0.688. The Bertz CT molecular complexity index is 548. The van der Waals surface area contributed by atoms with Crippen LogP contribution in [0.2, 0.25) is 0 Å². The maximum atomic E-state index is 4.36. The van der Waals surface area contributed by atoms with Gasteiger partial charge in [0.25, 0.3) is 0 Å². The number of nitrogens with zero attached hydrogens (tertiary/aromatic N) is 1. The number of aromatic nitrogens is 1. The topological polar surface area (TPSA) is 24.9 Å². The standard InChI is InChI=1S/C18H26N2S/c1-4-19-12-17(8-9-18-15(3)20-13-21-18)11-16-7-5-6-14(2)10-16/h5-7,10,13,17,19H,4,8-9,11-12H2,1-3H3. The smallest absolute Gasteiger partial charge is 0.0797 e. The maximum Gasteiger partial charge on any atom is 0.0797 e. The largest absolute Gasteiger partial charge is 0.317 e. The van der Waals surface area contributed by atoms with Crippen molar-refractivity contribution in [3.63, 3.8) is 0 Å². The first-order chi connectivity index (χ1) is 10.2. The molecule has 114 valence electrons. The van der Waals surface area contributed by atoms with E-state index in [1.165, 1.54) is 28.1 Å². The van der Waals surface area contributed by atoms with Gasteiger partial charge in [-0.3, -0.25) is 0 Å². The highest BCUT2D eigenvalue weighted by Gasteiger charge is 2.11. The van der Waals surface area contributed by atoms with Gasteiger partial charge in [0.15, 0.2) is 0 Å². The van der Waals surface area contributed by atoms with E-state index in [2.05, 4.69) is 55.3 Å². The summed E-state index contributed by atoms with van der Waals surface area (Å²) in [6.45, 7) is 8.61. The lowest BCUT2D eigenvalue weighted by Crippen LogP contribution is -2.24. The first kappa shape index (κ1) is 16.2. The maximum absolute atomic E-state index is 4.36. The van der Waals surface area contributed by atoms with E-state index in [4.69, 9.17) is 0 Å². The molecule has 0 saturated heterocycles. The van der Waals surface area contributed by atoms with Gasteiger partial charge in [-0.25, -0.2) is 4.98 Å². The Labute approximate surface area is 132 Å². The number of hydrogen-bond acceptors (Lipinski definition) is 3. The molecule has 0 spiro atoms. The van der Waals surface area contributed by atoms with Gasteiger partial charge in [-0.05, 0) is 57.7 Å². The summed E-state index contributed by atoms with van der Waals surface area (Å²) in [6.07, 6.45) is 3.54. The van der Waals surface area contributed by atoms with Crippen molar-refractivity contribution >= 4 is 11.3 Å². The first-order valence-corrected chi connectivity index (χ1v) is 8.72. The molecular weight excluding hydrogens is 276 g/mol. The van der Waals surface area contributed by atoms with Crippen LogP contribution in [0.25, 0.3) is 0 Å². The van der Waals surface area contributed by atoms with E-state index < -0.39 is 0 Å². The Balaban J connectivity index is 1.95. The highest BCUT2D eigenvalue weighted by molar-refractivity contribution is 7.09. The van der Waals surface area contributed by atoms with Gasteiger partial charge < -0.3 is 5.32 Å². The number of rotatable bonds is 8. The predicted octanol–water partition coefficient (Wildman–Crippen LogP) is 4.16. The highest BCUT2D eigenvalue weighted by atomic mass is 32.1. The third-order valence-electron chi connectivity index (χ3n) is 3.91. The van der Waals surface area contributed by atoms with Crippen LogP contribution >= 0.6 is 11.3 Å². The lowest BCUT2D eigenvalue weighted by atomic mass is 9.93. The zero-order valence-electron chi connectivity index (χ0n) is 13.4. The summed E-state index contributed by atoms with van der Waals surface area (Å²) in [5, 5.41) is 3.52. The molecule has 0 amide bonds. The van der Waals surface area contributed by atoms with E-state index in [-0.39, 0.29) is 0 Å². The number of benzene rings is 1. The molecule has 0 aliphatic rings. The third kappa shape index (κ3) is 5.25. The second kappa shape index (κ2) is 8.30. The van der Waals surface area contributed by atoms with Crippen molar-refractivity contribution in [2.24, 2.45) is 5.92 Å². The molecule has 1 heterocycles. The monoisotopic (exact) mass is 302 g/mol. The highest BCUT2D eigenvalue weighted by Crippen LogP contribution is 2.20. The summed E-state index contributed by atoms with van der Waals surface area (Å²) >= 11 is 1.79. The molecule has 0 saturated carbocycles. The fraction of sp³-hybridized carbons (Fsp3) is 0.500. The van der Waals surface area contributed by atoms with Crippen molar-refractivity contribution < 1.29 is 0 Å². The van der Waals surface area contributed by atoms with Crippen LogP contribution in [0.15, 0.2) is 29.8 Å². The van der Waals surface area contributed by atoms with E-state index in [9.17, 15) is 0 Å². The molecule has 1 aromatic heterocycles. The van der Waals surface area contributed by atoms with Crippen molar-refractivity contribution in [1.82, 2.24) is 10.3 Å². The van der Waals surface area contributed by atoms with Gasteiger partial charge in [0, 0.05) is 4.88 Å². The summed E-state index contributed by atoms with van der Waals surface area (Å²) in [5.41, 5.74) is 5.98. The molecule has 1 unspecified atom stereocenters. The van der Waals surface area contributed by atoms with Gasteiger partial charge >= 0.3 is 0 Å². The molecular formula is C18H26N2S. The van der Waals surface area contributed by atoms with Gasteiger partial charge in [-0.15, -0.1) is 11.3 Å². The molecule has 2 nitrogen and oxygen atoms in total. The predicted molar refractivity (Wildman–Crippen MR) is 92.1 cm³/mol. The normalized spacial score (nSPS) is 12.5. The van der Waals surface area contributed by atoms with E-state index in [0.29, 0.717) is 5.92 Å². The van der Waals surface area contributed by atoms with Gasteiger partial charge in [-0.2, -0.15) is 0 Å². The Morgan fingerprint density at radius 2 is 2.14 bits per heavy atom. The summed E-state index contributed by atoms with van der Waals surface area (Å²) in [7, 11) is 0. The molecule has 0 aliphatic carbocycles. The Hall–Kier alpha value is -1.19. The van der Waals surface area contributed by atoms with Crippen molar-refractivity contribution in [2.75, 3.05) is 13.1 Å². The van der Waals surface area contributed by atoms with Crippen LogP contribution in [0.3, 0.4) is 0 Å². The van der Waals surface area contributed by atoms with E-state index >= 15 is 0 Å². The fourth-order valence-electron chi connectivity index (χ4n) is 2.70. The minimum atomic E-state index is 0.688. The number of hydrogen-bond donors (Lipinski definition) is 1. The van der Waals surface area contributed by atoms with Crippen LogP contribution < -0.4 is 5.32 Å². The zero-order valence-corrected chi connectivity index (χ0v) is 14.2. The van der Waals surface area contributed by atoms with Crippen molar-refractivity contribution in [3.8, 4) is 0 Å². The van der Waals surface area contributed by atoms with Crippen molar-refractivity contribution in [1.29, 1.82) is 0 Å². The second-order valence-corrected chi connectivity index (χ2v) is 6.71. The first-order valence-electron chi connectivity index (χ1n) is 7.84. The fourth-order valence-corrected chi connectivity index (χ4v) is 3.50. The van der Waals surface area contributed by atoms with Gasteiger partial charge in [0.2, 0.25) is 0 Å². The Morgan fingerprint density at radius 3 is 2.81 bits per heavy atom.